The molecule has 0 aliphatic heterocycles. The van der Waals surface area contributed by atoms with E-state index in [1.165, 1.54) is 30.0 Å². The third kappa shape index (κ3) is 3.77. The number of aryl methyl sites for hydroxylation is 2. The molecule has 2 aromatic carbocycles. The first-order valence-electron chi connectivity index (χ1n) is 8.66. The van der Waals surface area contributed by atoms with Crippen molar-refractivity contribution in [3.8, 4) is 11.5 Å². The number of hydrogen-bond donors (Lipinski definition) is 0. The number of nitro groups is 1. The number of nitro benzene ring substituents is 1. The van der Waals surface area contributed by atoms with Crippen LogP contribution in [0.15, 0.2) is 61.3 Å². The number of non-ortho nitro benzene ring substituents is 1. The Morgan fingerprint density at radius 1 is 1.10 bits per heavy atom. The Kier molecular flexibility index (Phi) is 4.89. The number of thioether (sulfide) groups is 1. The monoisotopic (exact) mass is 409 g/mol. The van der Waals surface area contributed by atoms with Crippen LogP contribution < -0.4 is 5.63 Å². The highest BCUT2D eigenvalue weighted by Crippen LogP contribution is 2.30. The van der Waals surface area contributed by atoms with Gasteiger partial charge in [-0.1, -0.05) is 30.0 Å². The Bertz CT molecular complexity index is 1300. The van der Waals surface area contributed by atoms with Crippen LogP contribution in [0.3, 0.4) is 0 Å². The maximum atomic E-state index is 12.0. The zero-order valence-corrected chi connectivity index (χ0v) is 16.4. The fraction of sp³-hybridized carbons (Fsp3) is 0.150. The van der Waals surface area contributed by atoms with Gasteiger partial charge < -0.3 is 8.83 Å². The summed E-state index contributed by atoms with van der Waals surface area (Å²) in [5, 5.41) is 20.0. The number of rotatable bonds is 5. The van der Waals surface area contributed by atoms with Crippen LogP contribution in [0.25, 0.3) is 22.4 Å². The van der Waals surface area contributed by atoms with E-state index in [-0.39, 0.29) is 11.6 Å². The van der Waals surface area contributed by atoms with Crippen molar-refractivity contribution in [2.75, 3.05) is 0 Å². The number of hydrogen-bond acceptors (Lipinski definition) is 8. The van der Waals surface area contributed by atoms with E-state index in [1.807, 2.05) is 26.0 Å². The van der Waals surface area contributed by atoms with Crippen LogP contribution in [-0.4, -0.2) is 15.1 Å². The van der Waals surface area contributed by atoms with E-state index in [0.29, 0.717) is 22.1 Å². The van der Waals surface area contributed by atoms with E-state index in [0.717, 1.165) is 22.1 Å². The third-order valence-corrected chi connectivity index (χ3v) is 5.45. The zero-order chi connectivity index (χ0) is 20.5. The molecule has 0 radical (unpaired) electrons. The van der Waals surface area contributed by atoms with Gasteiger partial charge in [0.15, 0.2) is 0 Å². The van der Waals surface area contributed by atoms with Crippen molar-refractivity contribution in [3.63, 3.8) is 0 Å². The van der Waals surface area contributed by atoms with Crippen LogP contribution in [-0.2, 0) is 5.75 Å². The Morgan fingerprint density at radius 2 is 1.93 bits per heavy atom. The predicted molar refractivity (Wildman–Crippen MR) is 108 cm³/mol. The summed E-state index contributed by atoms with van der Waals surface area (Å²) in [6, 6.07) is 11.4. The standard InChI is InChI=1S/C20H15N3O5S/c1-11-6-7-16-14(9-17(24)27-18(16)12(11)2)10-29-20-22-21-19(28-20)13-4-3-5-15(8-13)23(25)26/h3-9H,10H2,1-2H3. The Hall–Kier alpha value is -3.46. The summed E-state index contributed by atoms with van der Waals surface area (Å²) < 4.78 is 11.0. The average molecular weight is 409 g/mol. The van der Waals surface area contributed by atoms with Gasteiger partial charge in [-0.05, 0) is 36.6 Å². The molecule has 0 amide bonds. The maximum Gasteiger partial charge on any atom is 0.336 e. The molecule has 4 rings (SSSR count). The molecule has 0 spiro atoms. The highest BCUT2D eigenvalue weighted by molar-refractivity contribution is 7.98. The molecular formula is C20H15N3O5S. The van der Waals surface area contributed by atoms with Gasteiger partial charge >= 0.3 is 5.63 Å². The molecule has 29 heavy (non-hydrogen) atoms. The summed E-state index contributed by atoms with van der Waals surface area (Å²) in [7, 11) is 0. The highest BCUT2D eigenvalue weighted by Gasteiger charge is 2.15. The zero-order valence-electron chi connectivity index (χ0n) is 15.5. The van der Waals surface area contributed by atoms with Crippen LogP contribution in [0.2, 0.25) is 0 Å². The number of benzene rings is 2. The van der Waals surface area contributed by atoms with Crippen molar-refractivity contribution in [2.45, 2.75) is 24.8 Å². The van der Waals surface area contributed by atoms with Crippen LogP contribution in [0, 0.1) is 24.0 Å². The van der Waals surface area contributed by atoms with Crippen molar-refractivity contribution in [1.29, 1.82) is 0 Å². The van der Waals surface area contributed by atoms with Gasteiger partial charge in [0.05, 0.1) is 4.92 Å². The molecule has 0 fully saturated rings. The summed E-state index contributed by atoms with van der Waals surface area (Å²) >= 11 is 1.28. The number of aromatic nitrogens is 2. The normalized spacial score (nSPS) is 11.1. The molecular weight excluding hydrogens is 394 g/mol. The molecule has 0 bridgehead atoms. The van der Waals surface area contributed by atoms with Gasteiger partial charge in [-0.3, -0.25) is 10.1 Å². The number of fused-ring (bicyclic) bond motifs is 1. The molecule has 2 aromatic heterocycles. The molecule has 4 aromatic rings. The second-order valence-electron chi connectivity index (χ2n) is 6.44. The van der Waals surface area contributed by atoms with Gasteiger partial charge in [-0.25, -0.2) is 4.79 Å². The van der Waals surface area contributed by atoms with E-state index in [4.69, 9.17) is 8.83 Å². The molecule has 0 aliphatic carbocycles. The van der Waals surface area contributed by atoms with E-state index in [2.05, 4.69) is 10.2 Å². The first kappa shape index (κ1) is 18.9. The number of nitrogens with zero attached hydrogens (tertiary/aromatic N) is 3. The lowest BCUT2D eigenvalue weighted by Gasteiger charge is -2.07. The van der Waals surface area contributed by atoms with Crippen LogP contribution >= 0.6 is 11.8 Å². The minimum Gasteiger partial charge on any atom is -0.422 e. The summed E-state index contributed by atoms with van der Waals surface area (Å²) in [6.07, 6.45) is 0. The smallest absolute Gasteiger partial charge is 0.336 e. The summed E-state index contributed by atoms with van der Waals surface area (Å²) in [6.45, 7) is 3.88. The van der Waals surface area contributed by atoms with Crippen LogP contribution in [0.5, 0.6) is 0 Å². The molecule has 0 atom stereocenters. The van der Waals surface area contributed by atoms with Gasteiger partial charge in [0.2, 0.25) is 5.89 Å². The quantitative estimate of drug-likeness (QED) is 0.202. The van der Waals surface area contributed by atoms with Crippen molar-refractivity contribution < 1.29 is 13.8 Å². The predicted octanol–water partition coefficient (Wildman–Crippen LogP) is 4.66. The Balaban J connectivity index is 1.60. The lowest BCUT2D eigenvalue weighted by atomic mass is 10.0. The van der Waals surface area contributed by atoms with Gasteiger partial charge in [0.25, 0.3) is 10.9 Å². The molecule has 8 nitrogen and oxygen atoms in total. The fourth-order valence-electron chi connectivity index (χ4n) is 2.92. The first-order chi connectivity index (χ1) is 13.9. The minimum absolute atomic E-state index is 0.0527. The van der Waals surface area contributed by atoms with E-state index in [1.54, 1.807) is 12.1 Å². The van der Waals surface area contributed by atoms with E-state index >= 15 is 0 Å². The summed E-state index contributed by atoms with van der Waals surface area (Å²) in [5.74, 6) is 0.626. The Labute approximate surface area is 168 Å². The van der Waals surface area contributed by atoms with Crippen LogP contribution in [0.4, 0.5) is 5.69 Å². The van der Waals surface area contributed by atoms with E-state index < -0.39 is 10.5 Å². The highest BCUT2D eigenvalue weighted by atomic mass is 32.2. The Morgan fingerprint density at radius 3 is 2.72 bits per heavy atom. The third-order valence-electron chi connectivity index (χ3n) is 4.58. The van der Waals surface area contributed by atoms with Crippen molar-refractivity contribution in [1.82, 2.24) is 10.2 Å². The minimum atomic E-state index is -0.481. The van der Waals surface area contributed by atoms with Crippen molar-refractivity contribution >= 4 is 28.4 Å². The second-order valence-corrected chi connectivity index (χ2v) is 7.37. The molecule has 0 aliphatic rings. The lowest BCUT2D eigenvalue weighted by molar-refractivity contribution is -0.384. The second kappa shape index (κ2) is 7.51. The van der Waals surface area contributed by atoms with Crippen molar-refractivity contribution in [3.05, 3.63) is 79.7 Å². The molecule has 2 heterocycles. The van der Waals surface area contributed by atoms with Gasteiger partial charge in [0.1, 0.15) is 5.58 Å². The fourth-order valence-corrected chi connectivity index (χ4v) is 3.67. The maximum absolute atomic E-state index is 12.0. The topological polar surface area (TPSA) is 112 Å². The molecule has 146 valence electrons. The lowest BCUT2D eigenvalue weighted by Crippen LogP contribution is -2.01. The van der Waals surface area contributed by atoms with Gasteiger partial charge in [0, 0.05) is 34.9 Å². The molecule has 0 unspecified atom stereocenters. The molecule has 0 saturated heterocycles. The van der Waals surface area contributed by atoms with Gasteiger partial charge in [-0.2, -0.15) is 0 Å². The largest absolute Gasteiger partial charge is 0.422 e. The summed E-state index contributed by atoms with van der Waals surface area (Å²) in [5.41, 5.74) is 3.36. The molecule has 0 saturated carbocycles. The molecule has 0 N–H and O–H groups in total. The van der Waals surface area contributed by atoms with Crippen molar-refractivity contribution in [2.24, 2.45) is 0 Å². The average Bonchev–Trinajstić information content (AvgIpc) is 3.18. The molecule has 9 heteroatoms. The van der Waals surface area contributed by atoms with Crippen LogP contribution in [0.1, 0.15) is 16.7 Å². The first-order valence-corrected chi connectivity index (χ1v) is 9.65. The van der Waals surface area contributed by atoms with Gasteiger partial charge in [-0.15, -0.1) is 10.2 Å². The SMILES string of the molecule is Cc1ccc2c(CSc3nnc(-c4cccc([N+](=O)[O-])c4)o3)cc(=O)oc2c1C. The van der Waals surface area contributed by atoms with E-state index in [9.17, 15) is 14.9 Å². The summed E-state index contributed by atoms with van der Waals surface area (Å²) in [4.78, 5) is 22.4.